The van der Waals surface area contributed by atoms with E-state index in [1.807, 2.05) is 18.2 Å². The summed E-state index contributed by atoms with van der Waals surface area (Å²) in [5.74, 6) is -0.800. The van der Waals surface area contributed by atoms with Crippen LogP contribution in [-0.4, -0.2) is 54.1 Å². The van der Waals surface area contributed by atoms with Gasteiger partial charge in [-0.1, -0.05) is 32.0 Å². The van der Waals surface area contributed by atoms with Gasteiger partial charge in [0.05, 0.1) is 18.8 Å². The number of hydrogen-bond donors (Lipinski definition) is 0. The zero-order valence-electron chi connectivity index (χ0n) is 18.2. The number of esters is 1. The molecule has 0 bridgehead atoms. The summed E-state index contributed by atoms with van der Waals surface area (Å²) in [6.45, 7) is 15.7. The SMILES string of the molecule is CC1(C)COC2(CC(C)(C)N(CCOC(=O)c3ccccc3)C(C)(C)C2)OC1. The fraction of sp³-hybridized carbons (Fsp3) is 0.696. The van der Waals surface area contributed by atoms with E-state index >= 15 is 0 Å². The summed E-state index contributed by atoms with van der Waals surface area (Å²) in [6.07, 6.45) is 1.60. The minimum Gasteiger partial charge on any atom is -0.461 e. The Morgan fingerprint density at radius 3 is 2.04 bits per heavy atom. The highest BCUT2D eigenvalue weighted by Gasteiger charge is 2.55. The second-order valence-corrected chi connectivity index (χ2v) is 10.3. The molecular formula is C23H35NO4. The van der Waals surface area contributed by atoms with Gasteiger partial charge >= 0.3 is 5.97 Å². The van der Waals surface area contributed by atoms with Gasteiger partial charge in [-0.15, -0.1) is 0 Å². The molecule has 28 heavy (non-hydrogen) atoms. The normalized spacial score (nSPS) is 25.4. The fourth-order valence-corrected chi connectivity index (χ4v) is 4.82. The minimum absolute atomic E-state index is 0.0578. The van der Waals surface area contributed by atoms with E-state index in [1.165, 1.54) is 0 Å². The Morgan fingerprint density at radius 2 is 1.50 bits per heavy atom. The van der Waals surface area contributed by atoms with Crippen molar-refractivity contribution in [1.82, 2.24) is 4.90 Å². The summed E-state index contributed by atoms with van der Waals surface area (Å²) in [5, 5.41) is 0. The van der Waals surface area contributed by atoms with E-state index in [2.05, 4.69) is 46.4 Å². The second-order valence-electron chi connectivity index (χ2n) is 10.3. The average Bonchev–Trinajstić information content (AvgIpc) is 2.60. The van der Waals surface area contributed by atoms with Crippen LogP contribution in [0.4, 0.5) is 0 Å². The van der Waals surface area contributed by atoms with Crippen molar-refractivity contribution in [3.8, 4) is 0 Å². The minimum atomic E-state index is -0.528. The number of hydrogen-bond acceptors (Lipinski definition) is 5. The van der Waals surface area contributed by atoms with Crippen molar-refractivity contribution < 1.29 is 19.0 Å². The maximum atomic E-state index is 12.2. The Hall–Kier alpha value is -1.43. The first-order valence-corrected chi connectivity index (χ1v) is 10.2. The van der Waals surface area contributed by atoms with Crippen LogP contribution in [0.3, 0.4) is 0 Å². The summed E-state index contributed by atoms with van der Waals surface area (Å²) < 4.78 is 18.2. The first-order valence-electron chi connectivity index (χ1n) is 10.2. The molecule has 1 spiro atoms. The van der Waals surface area contributed by atoms with Crippen LogP contribution in [0.15, 0.2) is 30.3 Å². The van der Waals surface area contributed by atoms with Crippen molar-refractivity contribution in [3.05, 3.63) is 35.9 Å². The predicted molar refractivity (Wildman–Crippen MR) is 109 cm³/mol. The first-order chi connectivity index (χ1) is 12.9. The quantitative estimate of drug-likeness (QED) is 0.720. The lowest BCUT2D eigenvalue weighted by Crippen LogP contribution is -2.68. The number of piperidine rings is 1. The zero-order valence-corrected chi connectivity index (χ0v) is 18.2. The fourth-order valence-electron chi connectivity index (χ4n) is 4.82. The first kappa shape index (κ1) is 21.3. The largest absolute Gasteiger partial charge is 0.461 e. The second kappa shape index (κ2) is 7.43. The van der Waals surface area contributed by atoms with Gasteiger partial charge in [-0.2, -0.15) is 0 Å². The lowest BCUT2D eigenvalue weighted by Gasteiger charge is -2.60. The lowest BCUT2D eigenvalue weighted by atomic mass is 9.75. The molecule has 0 aliphatic carbocycles. The van der Waals surface area contributed by atoms with Crippen LogP contribution in [-0.2, 0) is 14.2 Å². The van der Waals surface area contributed by atoms with Crippen LogP contribution in [0, 0.1) is 5.41 Å². The molecule has 2 aliphatic heterocycles. The van der Waals surface area contributed by atoms with E-state index in [0.717, 1.165) is 12.8 Å². The molecule has 0 amide bonds. The molecule has 0 radical (unpaired) electrons. The summed E-state index contributed by atoms with van der Waals surface area (Å²) in [5.41, 5.74) is 0.373. The molecule has 3 rings (SSSR count). The van der Waals surface area contributed by atoms with E-state index in [1.54, 1.807) is 12.1 Å². The summed E-state index contributed by atoms with van der Waals surface area (Å²) in [6, 6.07) is 9.14. The van der Waals surface area contributed by atoms with Crippen LogP contribution in [0.5, 0.6) is 0 Å². The highest BCUT2D eigenvalue weighted by molar-refractivity contribution is 5.89. The predicted octanol–water partition coefficient (Wildman–Crippen LogP) is 4.27. The van der Waals surface area contributed by atoms with Gasteiger partial charge in [-0.05, 0) is 39.8 Å². The van der Waals surface area contributed by atoms with E-state index in [9.17, 15) is 4.79 Å². The molecule has 5 nitrogen and oxygen atoms in total. The third kappa shape index (κ3) is 4.58. The molecular weight excluding hydrogens is 354 g/mol. The molecule has 2 heterocycles. The van der Waals surface area contributed by atoms with Crippen molar-refractivity contribution in [1.29, 1.82) is 0 Å². The lowest BCUT2D eigenvalue weighted by molar-refractivity contribution is -0.338. The molecule has 0 saturated carbocycles. The monoisotopic (exact) mass is 389 g/mol. The van der Waals surface area contributed by atoms with Crippen LogP contribution < -0.4 is 0 Å². The van der Waals surface area contributed by atoms with Crippen LogP contribution in [0.2, 0.25) is 0 Å². The molecule has 1 aromatic rings. The van der Waals surface area contributed by atoms with E-state index < -0.39 is 5.79 Å². The highest BCUT2D eigenvalue weighted by Crippen LogP contribution is 2.48. The Labute approximate surface area is 169 Å². The number of benzene rings is 1. The maximum absolute atomic E-state index is 12.2. The van der Waals surface area contributed by atoms with Crippen molar-refractivity contribution in [2.75, 3.05) is 26.4 Å². The number of carbonyl (C=O) groups is 1. The van der Waals surface area contributed by atoms with Gasteiger partial charge in [-0.3, -0.25) is 4.90 Å². The Balaban J connectivity index is 1.63. The molecule has 1 aromatic carbocycles. The molecule has 0 unspecified atom stereocenters. The molecule has 2 aliphatic rings. The smallest absolute Gasteiger partial charge is 0.338 e. The van der Waals surface area contributed by atoms with Gasteiger partial charge in [0.2, 0.25) is 0 Å². The van der Waals surface area contributed by atoms with Gasteiger partial charge in [0.25, 0.3) is 0 Å². The summed E-state index contributed by atoms with van der Waals surface area (Å²) in [4.78, 5) is 14.7. The van der Waals surface area contributed by atoms with Crippen molar-refractivity contribution in [2.45, 2.75) is 71.2 Å². The molecule has 2 fully saturated rings. The highest BCUT2D eigenvalue weighted by atomic mass is 16.7. The standard InChI is InChI=1S/C23H35NO4/c1-20(2)16-27-23(28-17-20)14-21(3,4)24(22(5,6)15-23)12-13-26-19(25)18-10-8-7-9-11-18/h7-11H,12-17H2,1-6H3. The molecule has 5 heteroatoms. The average molecular weight is 390 g/mol. The number of ether oxygens (including phenoxy) is 3. The van der Waals surface area contributed by atoms with Crippen LogP contribution in [0.1, 0.15) is 64.7 Å². The zero-order chi connectivity index (χ0) is 20.6. The number of likely N-dealkylation sites (tertiary alicyclic amines) is 1. The molecule has 0 atom stereocenters. The molecule has 0 N–H and O–H groups in total. The topological polar surface area (TPSA) is 48.0 Å². The summed E-state index contributed by atoms with van der Waals surface area (Å²) >= 11 is 0. The van der Waals surface area contributed by atoms with Crippen molar-refractivity contribution in [2.24, 2.45) is 5.41 Å². The Bertz CT molecular complexity index is 666. The van der Waals surface area contributed by atoms with Crippen LogP contribution >= 0.6 is 0 Å². The van der Waals surface area contributed by atoms with Crippen molar-refractivity contribution >= 4 is 5.97 Å². The van der Waals surface area contributed by atoms with Gasteiger partial charge in [0.15, 0.2) is 5.79 Å². The molecule has 0 aromatic heterocycles. The maximum Gasteiger partial charge on any atom is 0.338 e. The van der Waals surface area contributed by atoms with Gasteiger partial charge in [0, 0.05) is 35.9 Å². The number of nitrogens with zero attached hydrogens (tertiary/aromatic N) is 1. The van der Waals surface area contributed by atoms with E-state index in [-0.39, 0.29) is 22.5 Å². The van der Waals surface area contributed by atoms with Crippen LogP contribution in [0.25, 0.3) is 0 Å². The van der Waals surface area contributed by atoms with E-state index in [0.29, 0.717) is 31.9 Å². The Kier molecular flexibility index (Phi) is 5.65. The van der Waals surface area contributed by atoms with Crippen molar-refractivity contribution in [3.63, 3.8) is 0 Å². The number of carbonyl (C=O) groups excluding carboxylic acids is 1. The summed E-state index contributed by atoms with van der Waals surface area (Å²) in [7, 11) is 0. The Morgan fingerprint density at radius 1 is 0.964 bits per heavy atom. The van der Waals surface area contributed by atoms with Gasteiger partial charge in [-0.25, -0.2) is 4.79 Å². The molecule has 2 saturated heterocycles. The number of rotatable bonds is 4. The third-order valence-electron chi connectivity index (χ3n) is 5.87. The van der Waals surface area contributed by atoms with E-state index in [4.69, 9.17) is 14.2 Å². The third-order valence-corrected chi connectivity index (χ3v) is 5.87. The van der Waals surface area contributed by atoms with Gasteiger partial charge in [0.1, 0.15) is 6.61 Å². The molecule has 156 valence electrons. The van der Waals surface area contributed by atoms with Gasteiger partial charge < -0.3 is 14.2 Å².